The first-order valence-corrected chi connectivity index (χ1v) is 2.06. The molecule has 4 heteroatoms. The Morgan fingerprint density at radius 3 is 2.11 bits per heavy atom. The summed E-state index contributed by atoms with van der Waals surface area (Å²) in [6.45, 7) is 0.840. The molecule has 0 aliphatic carbocycles. The number of allylic oxidation sites excluding steroid dienone is 2. The zero-order valence-corrected chi connectivity index (χ0v) is 4.61. The Labute approximate surface area is 50.4 Å². The molecule has 0 saturated heterocycles. The van der Waals surface area contributed by atoms with Gasteiger partial charge in [0.1, 0.15) is 6.07 Å². The standard InChI is InChI=1S/C5H3F2NO/c1-3(9)5(7)4(6)2-8/h1H3/b5-4-. The Morgan fingerprint density at radius 2 is 2.00 bits per heavy atom. The first kappa shape index (κ1) is 7.76. The van der Waals surface area contributed by atoms with Crippen LogP contribution in [-0.2, 0) is 4.79 Å². The summed E-state index contributed by atoms with van der Waals surface area (Å²) in [6.07, 6.45) is 0. The third-order valence-corrected chi connectivity index (χ3v) is 0.600. The maximum Gasteiger partial charge on any atom is 0.239 e. The van der Waals surface area contributed by atoms with E-state index in [1.54, 1.807) is 0 Å². The maximum absolute atomic E-state index is 11.9. The van der Waals surface area contributed by atoms with E-state index < -0.39 is 17.4 Å². The van der Waals surface area contributed by atoms with Crippen LogP contribution < -0.4 is 0 Å². The van der Waals surface area contributed by atoms with Gasteiger partial charge < -0.3 is 0 Å². The summed E-state index contributed by atoms with van der Waals surface area (Å²) < 4.78 is 23.6. The lowest BCUT2D eigenvalue weighted by molar-refractivity contribution is -0.115. The molecular weight excluding hydrogens is 128 g/mol. The lowest BCUT2D eigenvalue weighted by Crippen LogP contribution is -1.91. The summed E-state index contributed by atoms with van der Waals surface area (Å²) >= 11 is 0. The van der Waals surface area contributed by atoms with E-state index in [9.17, 15) is 13.6 Å². The van der Waals surface area contributed by atoms with E-state index in [0.29, 0.717) is 0 Å². The summed E-state index contributed by atoms with van der Waals surface area (Å²) in [4.78, 5) is 9.92. The normalized spacial score (nSPS) is 11.8. The predicted octanol–water partition coefficient (Wildman–Crippen LogP) is 1.25. The van der Waals surface area contributed by atoms with Gasteiger partial charge in [-0.1, -0.05) is 0 Å². The molecule has 0 amide bonds. The van der Waals surface area contributed by atoms with Crippen molar-refractivity contribution in [2.45, 2.75) is 6.92 Å². The van der Waals surface area contributed by atoms with Crippen LogP contribution in [0.15, 0.2) is 11.7 Å². The molecule has 0 rings (SSSR count). The number of carbonyl (C=O) groups excluding carboxylic acids is 1. The van der Waals surface area contributed by atoms with Crippen LogP contribution in [0.4, 0.5) is 8.78 Å². The molecule has 0 atom stereocenters. The molecule has 0 saturated carbocycles. The molecule has 48 valence electrons. The van der Waals surface area contributed by atoms with E-state index in [1.165, 1.54) is 0 Å². The molecule has 0 aromatic rings. The molecule has 0 aromatic carbocycles. The third-order valence-electron chi connectivity index (χ3n) is 0.600. The molecule has 2 nitrogen and oxygen atoms in total. The van der Waals surface area contributed by atoms with Crippen molar-refractivity contribution >= 4 is 5.78 Å². The lowest BCUT2D eigenvalue weighted by Gasteiger charge is -1.83. The smallest absolute Gasteiger partial charge is 0.239 e. The lowest BCUT2D eigenvalue weighted by atomic mass is 10.3. The van der Waals surface area contributed by atoms with Crippen LogP contribution >= 0.6 is 0 Å². The van der Waals surface area contributed by atoms with Crippen molar-refractivity contribution in [3.05, 3.63) is 11.7 Å². The van der Waals surface area contributed by atoms with E-state index in [0.717, 1.165) is 13.0 Å². The van der Waals surface area contributed by atoms with Crippen molar-refractivity contribution in [2.24, 2.45) is 0 Å². The second-order valence-electron chi connectivity index (χ2n) is 1.30. The van der Waals surface area contributed by atoms with Crippen molar-refractivity contribution in [1.29, 1.82) is 5.26 Å². The van der Waals surface area contributed by atoms with Crippen molar-refractivity contribution in [3.8, 4) is 6.07 Å². The molecule has 0 aliphatic heterocycles. The number of hydrogen-bond acceptors (Lipinski definition) is 2. The van der Waals surface area contributed by atoms with E-state index in [-0.39, 0.29) is 0 Å². The van der Waals surface area contributed by atoms with E-state index in [1.807, 2.05) is 0 Å². The quantitative estimate of drug-likeness (QED) is 0.397. The van der Waals surface area contributed by atoms with Crippen LogP contribution in [0.1, 0.15) is 6.92 Å². The second-order valence-corrected chi connectivity index (χ2v) is 1.30. The highest BCUT2D eigenvalue weighted by molar-refractivity contribution is 5.91. The molecule has 9 heavy (non-hydrogen) atoms. The van der Waals surface area contributed by atoms with Gasteiger partial charge in [-0.25, -0.2) is 0 Å². The number of carbonyl (C=O) groups is 1. The minimum atomic E-state index is -1.66. The van der Waals surface area contributed by atoms with Gasteiger partial charge in [0, 0.05) is 6.92 Å². The molecule has 0 aliphatic rings. The van der Waals surface area contributed by atoms with Gasteiger partial charge in [0.2, 0.25) is 11.7 Å². The number of halogens is 2. The Balaban J connectivity index is 4.54. The van der Waals surface area contributed by atoms with Gasteiger partial charge in [-0.3, -0.25) is 4.79 Å². The molecule has 0 bridgehead atoms. The molecule has 0 N–H and O–H groups in total. The topological polar surface area (TPSA) is 40.9 Å². The van der Waals surface area contributed by atoms with Crippen molar-refractivity contribution in [1.82, 2.24) is 0 Å². The fourth-order valence-corrected chi connectivity index (χ4v) is 0.204. The molecule has 0 unspecified atom stereocenters. The number of nitriles is 1. The number of hydrogen-bond donors (Lipinski definition) is 0. The SMILES string of the molecule is CC(=O)/C(F)=C(/F)C#N. The van der Waals surface area contributed by atoms with Crippen LogP contribution in [0.2, 0.25) is 0 Å². The zero-order valence-electron chi connectivity index (χ0n) is 4.61. The largest absolute Gasteiger partial charge is 0.292 e. The highest BCUT2D eigenvalue weighted by Gasteiger charge is 2.08. The third kappa shape index (κ3) is 2.00. The minimum Gasteiger partial charge on any atom is -0.292 e. The summed E-state index contributed by atoms with van der Waals surface area (Å²) in [5.74, 6) is -4.35. The highest BCUT2D eigenvalue weighted by atomic mass is 19.2. The molecule has 0 fully saturated rings. The van der Waals surface area contributed by atoms with Gasteiger partial charge in [-0.05, 0) is 0 Å². The van der Waals surface area contributed by atoms with Gasteiger partial charge >= 0.3 is 0 Å². The van der Waals surface area contributed by atoms with Crippen LogP contribution in [-0.4, -0.2) is 5.78 Å². The summed E-state index contributed by atoms with van der Waals surface area (Å²) in [6, 6.07) is 0.863. The molecule has 0 radical (unpaired) electrons. The first-order valence-electron chi connectivity index (χ1n) is 2.06. The fourth-order valence-electron chi connectivity index (χ4n) is 0.204. The summed E-state index contributed by atoms with van der Waals surface area (Å²) in [7, 11) is 0. The van der Waals surface area contributed by atoms with Crippen LogP contribution in [0.5, 0.6) is 0 Å². The van der Waals surface area contributed by atoms with Crippen molar-refractivity contribution < 1.29 is 13.6 Å². The van der Waals surface area contributed by atoms with Crippen molar-refractivity contribution in [2.75, 3.05) is 0 Å². The Morgan fingerprint density at radius 1 is 1.56 bits per heavy atom. The maximum atomic E-state index is 11.9. The van der Waals surface area contributed by atoms with Gasteiger partial charge in [0.05, 0.1) is 0 Å². The number of rotatable bonds is 1. The van der Waals surface area contributed by atoms with Crippen LogP contribution in [0.25, 0.3) is 0 Å². The Bertz CT molecular complexity index is 201. The number of Topliss-reactive ketones (excluding diaryl/α,β-unsaturated/α-hetero) is 1. The summed E-state index contributed by atoms with van der Waals surface area (Å²) in [5, 5.41) is 7.68. The Kier molecular flexibility index (Phi) is 2.52. The van der Waals surface area contributed by atoms with Crippen LogP contribution in [0.3, 0.4) is 0 Å². The van der Waals surface area contributed by atoms with Gasteiger partial charge in [-0.15, -0.1) is 0 Å². The summed E-state index contributed by atoms with van der Waals surface area (Å²) in [5.41, 5.74) is 0. The number of ketones is 1. The number of nitrogens with zero attached hydrogens (tertiary/aromatic N) is 1. The molecular formula is C5H3F2NO. The van der Waals surface area contributed by atoms with Crippen molar-refractivity contribution in [3.63, 3.8) is 0 Å². The van der Waals surface area contributed by atoms with E-state index >= 15 is 0 Å². The highest BCUT2D eigenvalue weighted by Crippen LogP contribution is 2.06. The minimum absolute atomic E-state index is 0.840. The van der Waals surface area contributed by atoms with Crippen LogP contribution in [0, 0.1) is 11.3 Å². The average Bonchev–Trinajstić information content (AvgIpc) is 1.84. The second kappa shape index (κ2) is 2.92. The molecule has 0 aromatic heterocycles. The monoisotopic (exact) mass is 131 g/mol. The van der Waals surface area contributed by atoms with E-state index in [2.05, 4.69) is 0 Å². The fraction of sp³-hybridized carbons (Fsp3) is 0.200. The molecule has 0 spiro atoms. The van der Waals surface area contributed by atoms with E-state index in [4.69, 9.17) is 5.26 Å². The van der Waals surface area contributed by atoms with Gasteiger partial charge in [0.15, 0.2) is 5.78 Å². The van der Waals surface area contributed by atoms with Gasteiger partial charge in [-0.2, -0.15) is 14.0 Å². The first-order chi connectivity index (χ1) is 4.09. The van der Waals surface area contributed by atoms with Gasteiger partial charge in [0.25, 0.3) is 0 Å². The average molecular weight is 131 g/mol. The molecule has 0 heterocycles. The predicted molar refractivity (Wildman–Crippen MR) is 25.5 cm³/mol. The Hall–Kier alpha value is -1.24. The zero-order chi connectivity index (χ0) is 7.44.